The van der Waals surface area contributed by atoms with Crippen molar-refractivity contribution in [2.45, 2.75) is 37.1 Å². The molecule has 1 aliphatic heterocycles. The zero-order chi connectivity index (χ0) is 17.2. The van der Waals surface area contributed by atoms with E-state index in [9.17, 15) is 13.2 Å². The Morgan fingerprint density at radius 2 is 2.12 bits per heavy atom. The molecule has 2 heterocycles. The molecule has 1 aliphatic rings. The minimum absolute atomic E-state index is 0.00737. The Bertz CT molecular complexity index is 816. The number of sulfonamides is 1. The van der Waals surface area contributed by atoms with Gasteiger partial charge in [0, 0.05) is 23.5 Å². The summed E-state index contributed by atoms with van der Waals surface area (Å²) in [7, 11) is -3.57. The number of hydrogen-bond acceptors (Lipinski definition) is 4. The smallest absolute Gasteiger partial charge is 0.255 e. The van der Waals surface area contributed by atoms with Crippen molar-refractivity contribution in [1.82, 2.24) is 4.31 Å². The lowest BCUT2D eigenvalue weighted by Gasteiger charge is -2.32. The fourth-order valence-corrected chi connectivity index (χ4v) is 5.23. The lowest BCUT2D eigenvalue weighted by molar-refractivity contribution is 0.102. The summed E-state index contributed by atoms with van der Waals surface area (Å²) < 4.78 is 27.3. The van der Waals surface area contributed by atoms with Crippen LogP contribution in [-0.4, -0.2) is 31.2 Å². The van der Waals surface area contributed by atoms with Gasteiger partial charge in [-0.15, -0.1) is 0 Å². The Morgan fingerprint density at radius 1 is 1.29 bits per heavy atom. The normalized spacial score (nSPS) is 19.1. The minimum atomic E-state index is -3.57. The van der Waals surface area contributed by atoms with Gasteiger partial charge in [0.15, 0.2) is 0 Å². The molecule has 1 N–H and O–H groups in total. The van der Waals surface area contributed by atoms with Gasteiger partial charge in [0.1, 0.15) is 0 Å². The predicted molar refractivity (Wildman–Crippen MR) is 95.9 cm³/mol. The van der Waals surface area contributed by atoms with E-state index in [4.69, 9.17) is 0 Å². The second kappa shape index (κ2) is 7.04. The number of carbonyl (C=O) groups is 1. The van der Waals surface area contributed by atoms with E-state index >= 15 is 0 Å². The van der Waals surface area contributed by atoms with Crippen LogP contribution in [0.3, 0.4) is 0 Å². The Balaban J connectivity index is 1.85. The molecule has 1 aromatic heterocycles. The number of piperidine rings is 1. The zero-order valence-electron chi connectivity index (χ0n) is 13.4. The first-order valence-electron chi connectivity index (χ1n) is 7.94. The summed E-state index contributed by atoms with van der Waals surface area (Å²) in [5.41, 5.74) is 1.05. The van der Waals surface area contributed by atoms with Crippen LogP contribution in [0.2, 0.25) is 0 Å². The van der Waals surface area contributed by atoms with Crippen molar-refractivity contribution >= 4 is 33.0 Å². The molecule has 2 aromatic rings. The van der Waals surface area contributed by atoms with Crippen LogP contribution in [-0.2, 0) is 10.0 Å². The van der Waals surface area contributed by atoms with Gasteiger partial charge in [-0.25, -0.2) is 8.42 Å². The maximum atomic E-state index is 12.9. The quantitative estimate of drug-likeness (QED) is 0.902. The predicted octanol–water partition coefficient (Wildman–Crippen LogP) is 3.56. The zero-order valence-corrected chi connectivity index (χ0v) is 15.1. The van der Waals surface area contributed by atoms with Crippen LogP contribution in [0.4, 0.5) is 5.69 Å². The summed E-state index contributed by atoms with van der Waals surface area (Å²) in [6.45, 7) is 2.47. The lowest BCUT2D eigenvalue weighted by atomic mass is 10.1. The van der Waals surface area contributed by atoms with E-state index < -0.39 is 10.0 Å². The van der Waals surface area contributed by atoms with Gasteiger partial charge in [-0.1, -0.05) is 12.5 Å². The Morgan fingerprint density at radius 3 is 2.83 bits per heavy atom. The molecule has 0 unspecified atom stereocenters. The van der Waals surface area contributed by atoms with Gasteiger partial charge in [0.2, 0.25) is 10.0 Å². The monoisotopic (exact) mass is 364 g/mol. The van der Waals surface area contributed by atoms with Gasteiger partial charge >= 0.3 is 0 Å². The molecule has 7 heteroatoms. The molecular formula is C17H20N2O3S2. The number of thiophene rings is 1. The molecule has 1 saturated heterocycles. The van der Waals surface area contributed by atoms with E-state index in [1.165, 1.54) is 17.4 Å². The summed E-state index contributed by atoms with van der Waals surface area (Å²) >= 11 is 1.49. The molecule has 0 saturated carbocycles. The number of benzene rings is 1. The highest BCUT2D eigenvalue weighted by Gasteiger charge is 2.31. The number of nitrogens with one attached hydrogen (secondary N) is 1. The molecular weight excluding hydrogens is 344 g/mol. The highest BCUT2D eigenvalue weighted by molar-refractivity contribution is 7.89. The fraction of sp³-hybridized carbons (Fsp3) is 0.353. The molecule has 0 spiro atoms. The van der Waals surface area contributed by atoms with E-state index in [0.717, 1.165) is 19.3 Å². The number of rotatable bonds is 4. The molecule has 1 amide bonds. The number of amides is 1. The van der Waals surface area contributed by atoms with E-state index in [2.05, 4.69) is 5.32 Å². The average Bonchev–Trinajstić information content (AvgIpc) is 3.08. The lowest BCUT2D eigenvalue weighted by Crippen LogP contribution is -2.41. The second-order valence-corrected chi connectivity index (χ2v) is 8.63. The van der Waals surface area contributed by atoms with Crippen molar-refractivity contribution < 1.29 is 13.2 Å². The van der Waals surface area contributed by atoms with Gasteiger partial charge in [-0.2, -0.15) is 15.6 Å². The van der Waals surface area contributed by atoms with E-state index in [0.29, 0.717) is 17.8 Å². The Kier molecular flexibility index (Phi) is 5.03. The molecule has 0 bridgehead atoms. The van der Waals surface area contributed by atoms with Crippen LogP contribution in [0.1, 0.15) is 36.5 Å². The topological polar surface area (TPSA) is 66.5 Å². The number of anilines is 1. The van der Waals surface area contributed by atoms with Gasteiger partial charge in [0.05, 0.1) is 10.6 Å². The molecule has 1 fully saturated rings. The third-order valence-corrected chi connectivity index (χ3v) is 6.92. The standard InChI is InChI=1S/C17H20N2O3S2/c1-13-5-2-3-9-19(13)24(21,22)16-7-4-6-14(11-16)17(20)18-15-8-10-23-12-15/h4,6-8,10-13H,2-3,5,9H2,1H3,(H,18,20)/t13-/m0/s1. The summed E-state index contributed by atoms with van der Waals surface area (Å²) in [6.07, 6.45) is 2.80. The average molecular weight is 364 g/mol. The number of hydrogen-bond donors (Lipinski definition) is 1. The maximum Gasteiger partial charge on any atom is 0.255 e. The van der Waals surface area contributed by atoms with Gasteiger partial charge < -0.3 is 5.32 Å². The van der Waals surface area contributed by atoms with Gasteiger partial charge in [-0.05, 0) is 49.4 Å². The summed E-state index contributed by atoms with van der Waals surface area (Å²) in [5, 5.41) is 6.46. The fourth-order valence-electron chi connectivity index (χ4n) is 2.90. The van der Waals surface area contributed by atoms with Gasteiger partial charge in [-0.3, -0.25) is 4.79 Å². The first kappa shape index (κ1) is 17.1. The van der Waals surface area contributed by atoms with Crippen molar-refractivity contribution in [3.8, 4) is 0 Å². The second-order valence-electron chi connectivity index (χ2n) is 5.95. The minimum Gasteiger partial charge on any atom is -0.321 e. The third-order valence-electron chi connectivity index (χ3n) is 4.22. The first-order chi connectivity index (χ1) is 11.5. The molecule has 128 valence electrons. The SMILES string of the molecule is C[C@H]1CCCCN1S(=O)(=O)c1cccc(C(=O)Nc2ccsc2)c1. The highest BCUT2D eigenvalue weighted by atomic mass is 32.2. The van der Waals surface area contributed by atoms with Crippen molar-refractivity contribution in [2.24, 2.45) is 0 Å². The first-order valence-corrected chi connectivity index (χ1v) is 10.3. The van der Waals surface area contributed by atoms with Crippen LogP contribution in [0, 0.1) is 0 Å². The molecule has 3 rings (SSSR count). The van der Waals surface area contributed by atoms with Crippen LogP contribution >= 0.6 is 11.3 Å². The van der Waals surface area contributed by atoms with E-state index in [1.807, 2.05) is 17.7 Å². The molecule has 5 nitrogen and oxygen atoms in total. The molecule has 1 aromatic carbocycles. The van der Waals surface area contributed by atoms with Crippen LogP contribution in [0.5, 0.6) is 0 Å². The largest absolute Gasteiger partial charge is 0.321 e. The van der Waals surface area contributed by atoms with Crippen LogP contribution in [0.25, 0.3) is 0 Å². The van der Waals surface area contributed by atoms with Crippen molar-refractivity contribution in [3.63, 3.8) is 0 Å². The number of nitrogens with zero attached hydrogens (tertiary/aromatic N) is 1. The molecule has 0 aliphatic carbocycles. The summed E-state index contributed by atoms with van der Waals surface area (Å²) in [5.74, 6) is -0.308. The van der Waals surface area contributed by atoms with Crippen molar-refractivity contribution in [2.75, 3.05) is 11.9 Å². The summed E-state index contributed by atoms with van der Waals surface area (Å²) in [4.78, 5) is 12.5. The van der Waals surface area contributed by atoms with E-state index in [-0.39, 0.29) is 16.8 Å². The Hall–Kier alpha value is -1.70. The molecule has 1 atom stereocenters. The highest BCUT2D eigenvalue weighted by Crippen LogP contribution is 2.25. The molecule has 24 heavy (non-hydrogen) atoms. The number of carbonyl (C=O) groups excluding carboxylic acids is 1. The summed E-state index contributed by atoms with van der Waals surface area (Å²) in [6, 6.07) is 8.05. The van der Waals surface area contributed by atoms with Gasteiger partial charge in [0.25, 0.3) is 5.91 Å². The van der Waals surface area contributed by atoms with Crippen LogP contribution < -0.4 is 5.32 Å². The van der Waals surface area contributed by atoms with Crippen molar-refractivity contribution in [3.05, 3.63) is 46.7 Å². The Labute approximate surface area is 146 Å². The van der Waals surface area contributed by atoms with E-state index in [1.54, 1.807) is 28.6 Å². The van der Waals surface area contributed by atoms with Crippen molar-refractivity contribution in [1.29, 1.82) is 0 Å². The molecule has 0 radical (unpaired) electrons. The van der Waals surface area contributed by atoms with Crippen LogP contribution in [0.15, 0.2) is 46.0 Å². The third kappa shape index (κ3) is 3.53. The maximum absolute atomic E-state index is 12.9.